The number of carbonyl (C=O) groups is 2. The van der Waals surface area contributed by atoms with Crippen molar-refractivity contribution in [3.8, 4) is 0 Å². The fourth-order valence-electron chi connectivity index (χ4n) is 3.52. The van der Waals surface area contributed by atoms with Crippen molar-refractivity contribution in [1.29, 1.82) is 0 Å². The van der Waals surface area contributed by atoms with Gasteiger partial charge in [-0.05, 0) is 32.6 Å². The average Bonchev–Trinajstić information content (AvgIpc) is 3.08. The zero-order valence-electron chi connectivity index (χ0n) is 14.8. The number of piperidine rings is 1. The van der Waals surface area contributed by atoms with Crippen LogP contribution in [-0.2, 0) is 9.53 Å². The molecule has 0 aromatic carbocycles. The van der Waals surface area contributed by atoms with E-state index in [4.69, 9.17) is 9.26 Å². The summed E-state index contributed by atoms with van der Waals surface area (Å²) in [5.74, 6) is 0.452. The van der Waals surface area contributed by atoms with Crippen LogP contribution in [0.4, 0.5) is 0 Å². The number of nitrogens with one attached hydrogen (secondary N) is 1. The summed E-state index contributed by atoms with van der Waals surface area (Å²) in [6.45, 7) is 3.23. The molecule has 1 N–H and O–H groups in total. The Balaban J connectivity index is 1.37. The molecular formula is C18H27N3O4. The molecule has 0 atom stereocenters. The van der Waals surface area contributed by atoms with E-state index < -0.39 is 0 Å². The fourth-order valence-corrected chi connectivity index (χ4v) is 3.52. The zero-order chi connectivity index (χ0) is 17.6. The van der Waals surface area contributed by atoms with Gasteiger partial charge < -0.3 is 19.5 Å². The first-order valence-electron chi connectivity index (χ1n) is 9.25. The Labute approximate surface area is 148 Å². The molecule has 0 radical (unpaired) electrons. The van der Waals surface area contributed by atoms with Gasteiger partial charge in [0.05, 0.1) is 6.10 Å². The molecule has 3 rings (SSSR count). The largest absolute Gasteiger partial charge is 0.368 e. The molecule has 25 heavy (non-hydrogen) atoms. The number of aromatic nitrogens is 1. The monoisotopic (exact) mass is 349 g/mol. The first-order chi connectivity index (χ1) is 12.1. The smallest absolute Gasteiger partial charge is 0.273 e. The van der Waals surface area contributed by atoms with E-state index in [2.05, 4.69) is 10.5 Å². The molecule has 1 aliphatic carbocycles. The molecule has 7 heteroatoms. The van der Waals surface area contributed by atoms with Crippen LogP contribution in [0.2, 0.25) is 0 Å². The van der Waals surface area contributed by atoms with Gasteiger partial charge in [-0.15, -0.1) is 0 Å². The lowest BCUT2D eigenvalue weighted by Crippen LogP contribution is -2.47. The number of amides is 2. The number of nitrogens with zero attached hydrogens (tertiary/aromatic N) is 2. The third-order valence-electron chi connectivity index (χ3n) is 5.04. The normalized spacial score (nSPS) is 19.8. The molecule has 2 aliphatic rings. The highest BCUT2D eigenvalue weighted by Gasteiger charge is 2.25. The number of ether oxygens (including phenoxy) is 1. The van der Waals surface area contributed by atoms with E-state index in [1.807, 2.05) is 4.90 Å². The Morgan fingerprint density at radius 3 is 2.60 bits per heavy atom. The van der Waals surface area contributed by atoms with Gasteiger partial charge >= 0.3 is 0 Å². The lowest BCUT2D eigenvalue weighted by atomic mass is 9.98. The molecule has 7 nitrogen and oxygen atoms in total. The third-order valence-corrected chi connectivity index (χ3v) is 5.04. The van der Waals surface area contributed by atoms with Crippen LogP contribution in [-0.4, -0.2) is 53.7 Å². The third kappa shape index (κ3) is 5.04. The zero-order valence-corrected chi connectivity index (χ0v) is 14.8. The van der Waals surface area contributed by atoms with Gasteiger partial charge in [-0.2, -0.15) is 0 Å². The van der Waals surface area contributed by atoms with Gasteiger partial charge in [-0.1, -0.05) is 24.4 Å². The van der Waals surface area contributed by atoms with Crippen molar-refractivity contribution in [1.82, 2.24) is 15.4 Å². The van der Waals surface area contributed by atoms with Gasteiger partial charge in [0.2, 0.25) is 5.91 Å². The second-order valence-corrected chi connectivity index (χ2v) is 7.02. The Morgan fingerprint density at radius 1 is 1.24 bits per heavy atom. The minimum absolute atomic E-state index is 0.0578. The number of carbonyl (C=O) groups excluding carboxylic acids is 2. The predicted molar refractivity (Wildman–Crippen MR) is 91.1 cm³/mol. The minimum atomic E-state index is -0.220. The molecule has 0 spiro atoms. The van der Waals surface area contributed by atoms with E-state index in [-0.39, 0.29) is 30.6 Å². The molecule has 2 amide bonds. The Kier molecular flexibility index (Phi) is 6.07. The number of hydrogen-bond acceptors (Lipinski definition) is 5. The number of rotatable bonds is 5. The van der Waals surface area contributed by atoms with Crippen molar-refractivity contribution >= 4 is 11.8 Å². The second-order valence-electron chi connectivity index (χ2n) is 7.02. The lowest BCUT2D eigenvalue weighted by molar-refractivity contribution is -0.139. The van der Waals surface area contributed by atoms with Crippen molar-refractivity contribution in [3.05, 3.63) is 17.5 Å². The van der Waals surface area contributed by atoms with Crippen LogP contribution in [0, 0.1) is 6.92 Å². The highest BCUT2D eigenvalue weighted by molar-refractivity contribution is 5.92. The molecule has 0 unspecified atom stereocenters. The second kappa shape index (κ2) is 8.47. The quantitative estimate of drug-likeness (QED) is 0.879. The Hall–Kier alpha value is -1.89. The molecule has 0 bridgehead atoms. The summed E-state index contributed by atoms with van der Waals surface area (Å²) in [5, 5.41) is 6.69. The summed E-state index contributed by atoms with van der Waals surface area (Å²) in [4.78, 5) is 26.2. The van der Waals surface area contributed by atoms with Gasteiger partial charge in [0, 0.05) is 25.2 Å². The number of aryl methyl sites for hydroxylation is 1. The van der Waals surface area contributed by atoms with Gasteiger partial charge in [0.25, 0.3) is 5.91 Å². The molecule has 1 aromatic rings. The van der Waals surface area contributed by atoms with E-state index in [1.54, 1.807) is 13.0 Å². The van der Waals surface area contributed by atoms with E-state index in [9.17, 15) is 9.59 Å². The van der Waals surface area contributed by atoms with Crippen LogP contribution in [0.5, 0.6) is 0 Å². The molecular weight excluding hydrogens is 322 g/mol. The van der Waals surface area contributed by atoms with Crippen LogP contribution < -0.4 is 5.32 Å². The summed E-state index contributed by atoms with van der Waals surface area (Å²) in [5.41, 5.74) is 0.303. The predicted octanol–water partition coefficient (Wildman–Crippen LogP) is 2.05. The van der Waals surface area contributed by atoms with Crippen LogP contribution in [0.3, 0.4) is 0 Å². The first-order valence-corrected chi connectivity index (χ1v) is 9.25. The van der Waals surface area contributed by atoms with Crippen molar-refractivity contribution in [2.75, 3.05) is 19.7 Å². The average molecular weight is 349 g/mol. The van der Waals surface area contributed by atoms with Crippen molar-refractivity contribution in [3.63, 3.8) is 0 Å². The summed E-state index contributed by atoms with van der Waals surface area (Å²) in [7, 11) is 0. The summed E-state index contributed by atoms with van der Waals surface area (Å²) in [6.07, 6.45) is 7.58. The molecule has 138 valence electrons. The van der Waals surface area contributed by atoms with Crippen LogP contribution >= 0.6 is 0 Å². The highest BCUT2D eigenvalue weighted by atomic mass is 16.5. The van der Waals surface area contributed by atoms with Crippen LogP contribution in [0.1, 0.15) is 61.2 Å². The standard InChI is InChI=1S/C18H27N3O4/c1-13-11-16(20-25-13)18(23)19-14-7-9-21(10-8-14)17(22)12-24-15-5-3-2-4-6-15/h11,14-15H,2-10,12H2,1H3,(H,19,23). The van der Waals surface area contributed by atoms with Gasteiger partial charge in [-0.3, -0.25) is 9.59 Å². The summed E-state index contributed by atoms with van der Waals surface area (Å²) >= 11 is 0. The van der Waals surface area contributed by atoms with Crippen LogP contribution in [0.25, 0.3) is 0 Å². The minimum Gasteiger partial charge on any atom is -0.368 e. The molecule has 2 fully saturated rings. The maximum Gasteiger partial charge on any atom is 0.273 e. The van der Waals surface area contributed by atoms with Crippen molar-refractivity contribution in [2.24, 2.45) is 0 Å². The van der Waals surface area contributed by atoms with E-state index in [0.717, 1.165) is 25.7 Å². The van der Waals surface area contributed by atoms with E-state index >= 15 is 0 Å². The van der Waals surface area contributed by atoms with E-state index in [0.29, 0.717) is 24.5 Å². The molecule has 1 saturated heterocycles. The van der Waals surface area contributed by atoms with Crippen molar-refractivity contribution < 1.29 is 18.8 Å². The van der Waals surface area contributed by atoms with Gasteiger partial charge in [0.1, 0.15) is 12.4 Å². The maximum atomic E-state index is 12.3. The van der Waals surface area contributed by atoms with Crippen molar-refractivity contribution in [2.45, 2.75) is 64.0 Å². The number of hydrogen-bond donors (Lipinski definition) is 1. The molecule has 1 aliphatic heterocycles. The highest BCUT2D eigenvalue weighted by Crippen LogP contribution is 2.20. The maximum absolute atomic E-state index is 12.3. The molecule has 1 aromatic heterocycles. The van der Waals surface area contributed by atoms with E-state index in [1.165, 1.54) is 19.3 Å². The SMILES string of the molecule is Cc1cc(C(=O)NC2CCN(C(=O)COC3CCCCC3)CC2)no1. The fraction of sp³-hybridized carbons (Fsp3) is 0.722. The Morgan fingerprint density at radius 2 is 1.96 bits per heavy atom. The topological polar surface area (TPSA) is 84.7 Å². The number of likely N-dealkylation sites (tertiary alicyclic amines) is 1. The van der Waals surface area contributed by atoms with Crippen LogP contribution in [0.15, 0.2) is 10.6 Å². The van der Waals surface area contributed by atoms with Gasteiger partial charge in [0.15, 0.2) is 5.69 Å². The first kappa shape index (κ1) is 17.9. The summed E-state index contributed by atoms with van der Waals surface area (Å²) in [6, 6.07) is 1.68. The van der Waals surface area contributed by atoms with Gasteiger partial charge in [-0.25, -0.2) is 0 Å². The lowest BCUT2D eigenvalue weighted by Gasteiger charge is -2.32. The summed E-state index contributed by atoms with van der Waals surface area (Å²) < 4.78 is 10.7. The molecule has 2 heterocycles. The molecule has 1 saturated carbocycles. The Bertz CT molecular complexity index is 587.